The summed E-state index contributed by atoms with van der Waals surface area (Å²) in [5, 5.41) is 0.718. The van der Waals surface area contributed by atoms with Crippen LogP contribution in [0.2, 0.25) is 0 Å². The Morgan fingerprint density at radius 2 is 2.00 bits per heavy atom. The number of fused-ring (bicyclic) bond motifs is 1. The standard InChI is InChI=1S/C14H10O4/c1-16-14(15)12-9-5-2-3-6-10(9)18-13(12)11-7-4-8-17-11/h2-8H,1H3. The monoisotopic (exact) mass is 242 g/mol. The summed E-state index contributed by atoms with van der Waals surface area (Å²) in [5.41, 5.74) is 1.02. The second-order valence-corrected chi connectivity index (χ2v) is 3.77. The van der Waals surface area contributed by atoms with Crippen molar-refractivity contribution in [3.63, 3.8) is 0 Å². The molecular formula is C14H10O4. The second kappa shape index (κ2) is 4.07. The van der Waals surface area contributed by atoms with Gasteiger partial charge in [0.2, 0.25) is 0 Å². The smallest absolute Gasteiger partial charge is 0.342 e. The Morgan fingerprint density at radius 1 is 1.17 bits per heavy atom. The predicted molar refractivity (Wildman–Crippen MR) is 65.3 cm³/mol. The molecule has 0 radical (unpaired) electrons. The summed E-state index contributed by atoms with van der Waals surface area (Å²) >= 11 is 0. The maximum atomic E-state index is 11.9. The van der Waals surface area contributed by atoms with Crippen molar-refractivity contribution in [2.24, 2.45) is 0 Å². The second-order valence-electron chi connectivity index (χ2n) is 3.77. The van der Waals surface area contributed by atoms with Crippen LogP contribution in [-0.2, 0) is 4.74 Å². The molecule has 0 bridgehead atoms. The van der Waals surface area contributed by atoms with Crippen LogP contribution in [0.15, 0.2) is 51.5 Å². The summed E-state index contributed by atoms with van der Waals surface area (Å²) in [5.74, 6) is 0.464. The molecule has 0 saturated carbocycles. The van der Waals surface area contributed by atoms with Crippen molar-refractivity contribution in [3.05, 3.63) is 48.2 Å². The van der Waals surface area contributed by atoms with Crippen LogP contribution in [0.4, 0.5) is 0 Å². The highest BCUT2D eigenvalue weighted by Gasteiger charge is 2.23. The Kier molecular flexibility index (Phi) is 2.41. The topological polar surface area (TPSA) is 52.6 Å². The quantitative estimate of drug-likeness (QED) is 0.645. The largest absolute Gasteiger partial charge is 0.465 e. The molecule has 0 aliphatic heterocycles. The summed E-state index contributed by atoms with van der Waals surface area (Å²) in [6, 6.07) is 10.8. The van der Waals surface area contributed by atoms with Crippen LogP contribution in [0.1, 0.15) is 10.4 Å². The van der Waals surface area contributed by atoms with Gasteiger partial charge < -0.3 is 13.6 Å². The van der Waals surface area contributed by atoms with Crippen molar-refractivity contribution in [1.29, 1.82) is 0 Å². The first kappa shape index (κ1) is 10.7. The summed E-state index contributed by atoms with van der Waals surface area (Å²) < 4.78 is 15.8. The molecular weight excluding hydrogens is 232 g/mol. The van der Waals surface area contributed by atoms with Crippen LogP contribution >= 0.6 is 0 Å². The van der Waals surface area contributed by atoms with E-state index in [-0.39, 0.29) is 0 Å². The number of hydrogen-bond donors (Lipinski definition) is 0. The zero-order chi connectivity index (χ0) is 12.5. The van der Waals surface area contributed by atoms with Crippen LogP contribution in [0.5, 0.6) is 0 Å². The maximum Gasteiger partial charge on any atom is 0.342 e. The molecule has 2 aromatic heterocycles. The third-order valence-electron chi connectivity index (χ3n) is 2.73. The third-order valence-corrected chi connectivity index (χ3v) is 2.73. The lowest BCUT2D eigenvalue weighted by molar-refractivity contribution is 0.0602. The van der Waals surface area contributed by atoms with Crippen LogP contribution in [0.25, 0.3) is 22.5 Å². The molecule has 0 atom stereocenters. The minimum atomic E-state index is -0.439. The van der Waals surface area contributed by atoms with Gasteiger partial charge in [0.25, 0.3) is 0 Å². The zero-order valence-electron chi connectivity index (χ0n) is 9.67. The van der Waals surface area contributed by atoms with Crippen LogP contribution < -0.4 is 0 Å². The molecule has 3 aromatic rings. The summed E-state index contributed by atoms with van der Waals surface area (Å²) in [6.45, 7) is 0. The fourth-order valence-corrected chi connectivity index (χ4v) is 1.93. The minimum Gasteiger partial charge on any atom is -0.465 e. The van der Waals surface area contributed by atoms with Gasteiger partial charge in [-0.3, -0.25) is 0 Å². The molecule has 0 spiro atoms. The Balaban J connectivity index is 2.33. The Bertz CT molecular complexity index is 692. The van der Waals surface area contributed by atoms with Gasteiger partial charge >= 0.3 is 5.97 Å². The Labute approximate surface area is 103 Å². The first-order valence-electron chi connectivity index (χ1n) is 5.45. The summed E-state index contributed by atoms with van der Waals surface area (Å²) in [6.07, 6.45) is 1.53. The third kappa shape index (κ3) is 1.50. The molecule has 4 nitrogen and oxygen atoms in total. The molecule has 4 heteroatoms. The predicted octanol–water partition coefficient (Wildman–Crippen LogP) is 3.48. The van der Waals surface area contributed by atoms with E-state index < -0.39 is 5.97 Å². The van der Waals surface area contributed by atoms with Crippen molar-refractivity contribution in [1.82, 2.24) is 0 Å². The number of benzene rings is 1. The number of hydrogen-bond acceptors (Lipinski definition) is 4. The number of methoxy groups -OCH3 is 1. The van der Waals surface area contributed by atoms with E-state index in [0.717, 1.165) is 5.39 Å². The van der Waals surface area contributed by atoms with E-state index in [1.165, 1.54) is 13.4 Å². The lowest BCUT2D eigenvalue weighted by atomic mass is 10.1. The van der Waals surface area contributed by atoms with Gasteiger partial charge in [0, 0.05) is 5.39 Å². The van der Waals surface area contributed by atoms with E-state index in [4.69, 9.17) is 13.6 Å². The van der Waals surface area contributed by atoms with Gasteiger partial charge in [0.05, 0.1) is 13.4 Å². The number of carbonyl (C=O) groups excluding carboxylic acids is 1. The lowest BCUT2D eigenvalue weighted by Gasteiger charge is -1.98. The molecule has 18 heavy (non-hydrogen) atoms. The SMILES string of the molecule is COC(=O)c1c(-c2ccco2)oc2ccccc12. The molecule has 0 N–H and O–H groups in total. The normalized spacial score (nSPS) is 10.7. The highest BCUT2D eigenvalue weighted by molar-refractivity contribution is 6.08. The lowest BCUT2D eigenvalue weighted by Crippen LogP contribution is -2.01. The Morgan fingerprint density at radius 3 is 2.72 bits per heavy atom. The van der Waals surface area contributed by atoms with E-state index in [1.54, 1.807) is 18.2 Å². The molecule has 0 aliphatic rings. The molecule has 1 aromatic carbocycles. The molecule has 0 saturated heterocycles. The number of ether oxygens (including phenoxy) is 1. The van der Waals surface area contributed by atoms with Crippen molar-refractivity contribution in [3.8, 4) is 11.5 Å². The fraction of sp³-hybridized carbons (Fsp3) is 0.0714. The molecule has 90 valence electrons. The van der Waals surface area contributed by atoms with Gasteiger partial charge in [-0.15, -0.1) is 0 Å². The molecule has 3 rings (SSSR count). The van der Waals surface area contributed by atoms with Crippen molar-refractivity contribution in [2.45, 2.75) is 0 Å². The van der Waals surface area contributed by atoms with Crippen molar-refractivity contribution in [2.75, 3.05) is 7.11 Å². The minimum absolute atomic E-state index is 0.392. The van der Waals surface area contributed by atoms with Crippen LogP contribution in [0, 0.1) is 0 Å². The molecule has 0 fully saturated rings. The van der Waals surface area contributed by atoms with E-state index in [2.05, 4.69) is 0 Å². The zero-order valence-corrected chi connectivity index (χ0v) is 9.67. The average Bonchev–Trinajstić information content (AvgIpc) is 3.04. The summed E-state index contributed by atoms with van der Waals surface area (Å²) in [7, 11) is 1.34. The highest BCUT2D eigenvalue weighted by atomic mass is 16.5. The van der Waals surface area contributed by atoms with Gasteiger partial charge in [0.1, 0.15) is 11.1 Å². The van der Waals surface area contributed by atoms with Gasteiger partial charge in [0.15, 0.2) is 11.5 Å². The van der Waals surface area contributed by atoms with Crippen molar-refractivity contribution < 1.29 is 18.4 Å². The number of furan rings is 2. The van der Waals surface area contributed by atoms with Gasteiger partial charge in [-0.2, -0.15) is 0 Å². The summed E-state index contributed by atoms with van der Waals surface area (Å²) in [4.78, 5) is 11.9. The number of carbonyl (C=O) groups is 1. The molecule has 0 unspecified atom stereocenters. The Hall–Kier alpha value is -2.49. The van der Waals surface area contributed by atoms with E-state index in [9.17, 15) is 4.79 Å². The first-order chi connectivity index (χ1) is 8.81. The van der Waals surface area contributed by atoms with Gasteiger partial charge in [-0.05, 0) is 18.2 Å². The first-order valence-corrected chi connectivity index (χ1v) is 5.45. The fourth-order valence-electron chi connectivity index (χ4n) is 1.93. The molecule has 0 aliphatic carbocycles. The maximum absolute atomic E-state index is 11.9. The van der Waals surface area contributed by atoms with Crippen LogP contribution in [-0.4, -0.2) is 13.1 Å². The van der Waals surface area contributed by atoms with E-state index in [1.807, 2.05) is 18.2 Å². The number of esters is 1. The molecule has 0 amide bonds. The van der Waals surface area contributed by atoms with E-state index >= 15 is 0 Å². The van der Waals surface area contributed by atoms with Gasteiger partial charge in [-0.1, -0.05) is 18.2 Å². The highest BCUT2D eigenvalue weighted by Crippen LogP contribution is 2.34. The molecule has 2 heterocycles. The van der Waals surface area contributed by atoms with E-state index in [0.29, 0.717) is 22.7 Å². The van der Waals surface area contributed by atoms with Crippen LogP contribution in [0.3, 0.4) is 0 Å². The van der Waals surface area contributed by atoms with Crippen molar-refractivity contribution >= 4 is 16.9 Å². The number of para-hydroxylation sites is 1. The van der Waals surface area contributed by atoms with Gasteiger partial charge in [-0.25, -0.2) is 4.79 Å². The number of rotatable bonds is 2. The average molecular weight is 242 g/mol.